The van der Waals surface area contributed by atoms with E-state index in [-0.39, 0.29) is 17.9 Å². The first-order valence-corrected chi connectivity index (χ1v) is 14.2. The molecule has 0 unspecified atom stereocenters. The van der Waals surface area contributed by atoms with Crippen molar-refractivity contribution in [1.82, 2.24) is 15.1 Å². The van der Waals surface area contributed by atoms with Crippen molar-refractivity contribution in [3.63, 3.8) is 0 Å². The van der Waals surface area contributed by atoms with Crippen LogP contribution in [0, 0.1) is 5.92 Å². The first kappa shape index (κ1) is 27.1. The SMILES string of the molecule is CC(C)CN1C(=O)c2ccccc2[C@@H](C(=O)NCCCN(Cc2ccccc2)C(C)C)[C@H]1c1cccs1. The zero-order chi connectivity index (χ0) is 26.4. The van der Waals surface area contributed by atoms with Crippen LogP contribution in [0.4, 0.5) is 0 Å². The van der Waals surface area contributed by atoms with Gasteiger partial charge in [0.15, 0.2) is 0 Å². The standard InChI is InChI=1S/C31H39N3O2S/c1-22(2)20-34-29(27-16-10-19-37-27)28(25-14-8-9-15-26(25)31(34)36)30(35)32-17-11-18-33(23(3)4)21-24-12-6-5-7-13-24/h5-10,12-16,19,22-23,28-29H,11,17-18,20-21H2,1-4H3,(H,32,35)/t28-,29-/m1/s1. The van der Waals surface area contributed by atoms with Gasteiger partial charge in [0.25, 0.3) is 5.91 Å². The molecule has 4 rings (SSSR count). The Morgan fingerprint density at radius 3 is 2.41 bits per heavy atom. The number of rotatable bonds is 11. The van der Waals surface area contributed by atoms with Crippen LogP contribution in [0.15, 0.2) is 72.1 Å². The fourth-order valence-corrected chi connectivity index (χ4v) is 6.06. The van der Waals surface area contributed by atoms with Crippen molar-refractivity contribution >= 4 is 23.2 Å². The predicted molar refractivity (Wildman–Crippen MR) is 152 cm³/mol. The van der Waals surface area contributed by atoms with Crippen molar-refractivity contribution in [2.75, 3.05) is 19.6 Å². The number of fused-ring (bicyclic) bond motifs is 1. The van der Waals surface area contributed by atoms with Crippen LogP contribution in [0.2, 0.25) is 0 Å². The second-order valence-electron chi connectivity index (χ2n) is 10.6. The lowest BCUT2D eigenvalue weighted by Crippen LogP contribution is -2.48. The highest BCUT2D eigenvalue weighted by Gasteiger charge is 2.44. The zero-order valence-electron chi connectivity index (χ0n) is 22.4. The molecule has 2 aromatic carbocycles. The van der Waals surface area contributed by atoms with Gasteiger partial charge in [-0.25, -0.2) is 0 Å². The Morgan fingerprint density at radius 1 is 1.00 bits per heavy atom. The van der Waals surface area contributed by atoms with E-state index in [9.17, 15) is 9.59 Å². The molecule has 196 valence electrons. The lowest BCUT2D eigenvalue weighted by molar-refractivity contribution is -0.124. The summed E-state index contributed by atoms with van der Waals surface area (Å²) in [7, 11) is 0. The largest absolute Gasteiger partial charge is 0.355 e. The number of carbonyl (C=O) groups is 2. The summed E-state index contributed by atoms with van der Waals surface area (Å²) in [5, 5.41) is 5.26. The Balaban J connectivity index is 1.50. The van der Waals surface area contributed by atoms with E-state index < -0.39 is 5.92 Å². The van der Waals surface area contributed by atoms with E-state index in [2.05, 4.69) is 62.2 Å². The minimum absolute atomic E-state index is 0.00809. The van der Waals surface area contributed by atoms with Crippen LogP contribution in [0.1, 0.15) is 72.4 Å². The second-order valence-corrected chi connectivity index (χ2v) is 11.6. The highest BCUT2D eigenvalue weighted by molar-refractivity contribution is 7.10. The van der Waals surface area contributed by atoms with Crippen molar-refractivity contribution < 1.29 is 9.59 Å². The summed E-state index contributed by atoms with van der Waals surface area (Å²) >= 11 is 1.61. The normalized spacial score (nSPS) is 17.5. The van der Waals surface area contributed by atoms with Crippen LogP contribution in [0.25, 0.3) is 0 Å². The lowest BCUT2D eigenvalue weighted by atomic mass is 9.81. The second kappa shape index (κ2) is 12.5. The molecule has 2 atom stereocenters. The third kappa shape index (κ3) is 6.49. The number of hydrogen-bond acceptors (Lipinski definition) is 4. The van der Waals surface area contributed by atoms with Crippen molar-refractivity contribution in [2.45, 2.75) is 58.7 Å². The van der Waals surface area contributed by atoms with Crippen molar-refractivity contribution in [3.8, 4) is 0 Å². The Bertz CT molecular complexity index is 1160. The topological polar surface area (TPSA) is 52.7 Å². The minimum Gasteiger partial charge on any atom is -0.355 e. The molecule has 0 radical (unpaired) electrons. The molecule has 1 N–H and O–H groups in total. The van der Waals surface area contributed by atoms with Crippen LogP contribution in [-0.4, -0.2) is 47.3 Å². The summed E-state index contributed by atoms with van der Waals surface area (Å²) in [4.78, 5) is 32.8. The van der Waals surface area contributed by atoms with Gasteiger partial charge in [0.05, 0.1) is 12.0 Å². The van der Waals surface area contributed by atoms with Gasteiger partial charge in [0.1, 0.15) is 0 Å². The molecule has 0 saturated heterocycles. The number of nitrogens with zero attached hydrogens (tertiary/aromatic N) is 2. The summed E-state index contributed by atoms with van der Waals surface area (Å²) in [5.41, 5.74) is 2.77. The number of thiophene rings is 1. The smallest absolute Gasteiger partial charge is 0.254 e. The van der Waals surface area contributed by atoms with Crippen LogP contribution >= 0.6 is 11.3 Å². The van der Waals surface area contributed by atoms with Crippen molar-refractivity contribution in [2.24, 2.45) is 5.92 Å². The highest BCUT2D eigenvalue weighted by Crippen LogP contribution is 2.44. The molecule has 5 nitrogen and oxygen atoms in total. The van der Waals surface area contributed by atoms with E-state index in [1.54, 1.807) is 11.3 Å². The van der Waals surface area contributed by atoms with E-state index in [0.29, 0.717) is 30.6 Å². The molecule has 37 heavy (non-hydrogen) atoms. The minimum atomic E-state index is -0.433. The van der Waals surface area contributed by atoms with Crippen molar-refractivity contribution in [1.29, 1.82) is 0 Å². The maximum Gasteiger partial charge on any atom is 0.254 e. The third-order valence-corrected chi connectivity index (χ3v) is 7.94. The Hall–Kier alpha value is -2.96. The van der Waals surface area contributed by atoms with E-state index in [0.717, 1.165) is 30.0 Å². The fraction of sp³-hybridized carbons (Fsp3) is 0.419. The maximum absolute atomic E-state index is 13.8. The van der Waals surface area contributed by atoms with Gasteiger partial charge in [0.2, 0.25) is 5.91 Å². The summed E-state index contributed by atoms with van der Waals surface area (Å²) in [5.74, 6) is -0.129. The maximum atomic E-state index is 13.8. The van der Waals surface area contributed by atoms with Crippen LogP contribution in [0.3, 0.4) is 0 Å². The molecule has 2 amide bonds. The molecule has 0 saturated carbocycles. The Morgan fingerprint density at radius 2 is 1.73 bits per heavy atom. The summed E-state index contributed by atoms with van der Waals surface area (Å²) in [6, 6.07) is 22.3. The van der Waals surface area contributed by atoms with Gasteiger partial charge >= 0.3 is 0 Å². The van der Waals surface area contributed by atoms with Gasteiger partial charge in [-0.15, -0.1) is 11.3 Å². The predicted octanol–water partition coefficient (Wildman–Crippen LogP) is 6.10. The molecular weight excluding hydrogens is 478 g/mol. The number of benzene rings is 2. The summed E-state index contributed by atoms with van der Waals surface area (Å²) in [6.45, 7) is 11.7. The fourth-order valence-electron chi connectivity index (χ4n) is 5.19. The molecule has 0 fully saturated rings. The van der Waals surface area contributed by atoms with Gasteiger partial charge in [-0.1, -0.05) is 68.4 Å². The molecule has 1 aromatic heterocycles. The van der Waals surface area contributed by atoms with Gasteiger partial charge in [-0.3, -0.25) is 14.5 Å². The van der Waals surface area contributed by atoms with Gasteiger partial charge in [0, 0.05) is 42.7 Å². The van der Waals surface area contributed by atoms with E-state index in [1.807, 2.05) is 52.7 Å². The third-order valence-electron chi connectivity index (χ3n) is 7.00. The zero-order valence-corrected chi connectivity index (χ0v) is 23.2. The molecule has 3 aromatic rings. The molecule has 1 aliphatic heterocycles. The summed E-state index contributed by atoms with van der Waals surface area (Å²) < 4.78 is 0. The number of nitrogens with one attached hydrogen (secondary N) is 1. The Kier molecular flexibility index (Phi) is 9.17. The van der Waals surface area contributed by atoms with Crippen LogP contribution < -0.4 is 5.32 Å². The van der Waals surface area contributed by atoms with E-state index in [1.165, 1.54) is 5.56 Å². The monoisotopic (exact) mass is 517 g/mol. The van der Waals surface area contributed by atoms with E-state index in [4.69, 9.17) is 0 Å². The number of amides is 2. The summed E-state index contributed by atoms with van der Waals surface area (Å²) in [6.07, 6.45) is 0.865. The lowest BCUT2D eigenvalue weighted by Gasteiger charge is -2.42. The first-order valence-electron chi connectivity index (χ1n) is 13.4. The average molecular weight is 518 g/mol. The molecule has 6 heteroatoms. The van der Waals surface area contributed by atoms with Gasteiger partial charge in [-0.2, -0.15) is 0 Å². The quantitative estimate of drug-likeness (QED) is 0.313. The van der Waals surface area contributed by atoms with Gasteiger partial charge < -0.3 is 10.2 Å². The van der Waals surface area contributed by atoms with Gasteiger partial charge in [-0.05, 0) is 54.8 Å². The Labute approximate surface area is 225 Å². The average Bonchev–Trinajstić information content (AvgIpc) is 3.42. The van der Waals surface area contributed by atoms with Crippen LogP contribution in [0.5, 0.6) is 0 Å². The molecule has 0 spiro atoms. The number of carbonyl (C=O) groups excluding carboxylic acids is 2. The molecular formula is C31H39N3O2S. The molecule has 1 aliphatic rings. The van der Waals surface area contributed by atoms with E-state index >= 15 is 0 Å². The first-order chi connectivity index (χ1) is 17.9. The molecule has 2 heterocycles. The van der Waals surface area contributed by atoms with Crippen LogP contribution in [-0.2, 0) is 11.3 Å². The molecule has 0 aliphatic carbocycles. The highest BCUT2D eigenvalue weighted by atomic mass is 32.1. The number of hydrogen-bond donors (Lipinski definition) is 1. The molecule has 0 bridgehead atoms. The van der Waals surface area contributed by atoms with Crippen molar-refractivity contribution in [3.05, 3.63) is 93.7 Å².